The van der Waals surface area contributed by atoms with E-state index in [4.69, 9.17) is 17.3 Å². The van der Waals surface area contributed by atoms with Gasteiger partial charge in [0, 0.05) is 23.6 Å². The molecule has 7 heteroatoms. The molecule has 1 unspecified atom stereocenters. The van der Waals surface area contributed by atoms with Crippen LogP contribution in [0.2, 0.25) is 0 Å². The molecule has 5 nitrogen and oxygen atoms in total. The van der Waals surface area contributed by atoms with Crippen LogP contribution in [0, 0.1) is 0 Å². The standard InChI is InChI=1S/C11H11ClFN5/c12-5-1-6-7(3-16-10(6)15-2-5)11-17-4-8(13)9(14)18-11/h1-3,10,15,17-18H,4,14H2. The molecular formula is C11H11ClFN5. The summed E-state index contributed by atoms with van der Waals surface area (Å²) in [6.07, 6.45) is 5.08. The monoisotopic (exact) mass is 267 g/mol. The van der Waals surface area contributed by atoms with Gasteiger partial charge in [-0.1, -0.05) is 11.6 Å². The summed E-state index contributed by atoms with van der Waals surface area (Å²) in [5, 5.41) is 9.35. The highest BCUT2D eigenvalue weighted by Crippen LogP contribution is 2.28. The Hall–Kier alpha value is -1.95. The summed E-state index contributed by atoms with van der Waals surface area (Å²) in [5.74, 6) is 0.262. The van der Waals surface area contributed by atoms with Gasteiger partial charge in [0.25, 0.3) is 0 Å². The van der Waals surface area contributed by atoms with Gasteiger partial charge in [0.2, 0.25) is 0 Å². The third kappa shape index (κ3) is 1.74. The number of halogens is 2. The topological polar surface area (TPSA) is 74.5 Å². The maximum Gasteiger partial charge on any atom is 0.159 e. The molecule has 3 rings (SSSR count). The van der Waals surface area contributed by atoms with Crippen molar-refractivity contribution in [2.75, 3.05) is 6.54 Å². The lowest BCUT2D eigenvalue weighted by atomic mass is 10.0. The Balaban J connectivity index is 1.98. The van der Waals surface area contributed by atoms with Gasteiger partial charge in [-0.3, -0.25) is 4.99 Å². The molecule has 0 spiro atoms. The van der Waals surface area contributed by atoms with Crippen molar-refractivity contribution >= 4 is 17.8 Å². The molecule has 1 atom stereocenters. The molecule has 0 radical (unpaired) electrons. The molecule has 3 heterocycles. The van der Waals surface area contributed by atoms with Gasteiger partial charge in [-0.25, -0.2) is 4.39 Å². The first-order valence-corrected chi connectivity index (χ1v) is 5.79. The first kappa shape index (κ1) is 11.2. The molecule has 18 heavy (non-hydrogen) atoms. The number of aliphatic imine (C=N–C) groups is 1. The zero-order valence-electron chi connectivity index (χ0n) is 9.30. The maximum absolute atomic E-state index is 13.1. The minimum absolute atomic E-state index is 0.0270. The number of hydrogen-bond acceptors (Lipinski definition) is 5. The Morgan fingerprint density at radius 1 is 1.50 bits per heavy atom. The van der Waals surface area contributed by atoms with Gasteiger partial charge < -0.3 is 21.7 Å². The second-order valence-electron chi connectivity index (χ2n) is 4.06. The molecule has 94 valence electrons. The van der Waals surface area contributed by atoms with Crippen LogP contribution in [0.1, 0.15) is 0 Å². The Bertz CT molecular complexity index is 558. The molecular weight excluding hydrogens is 257 g/mol. The van der Waals surface area contributed by atoms with Crippen molar-refractivity contribution in [1.82, 2.24) is 16.0 Å². The summed E-state index contributed by atoms with van der Waals surface area (Å²) in [6.45, 7) is 0.0699. The highest BCUT2D eigenvalue weighted by molar-refractivity contribution is 6.31. The van der Waals surface area contributed by atoms with E-state index in [2.05, 4.69) is 20.9 Å². The maximum atomic E-state index is 13.1. The van der Waals surface area contributed by atoms with E-state index in [1.807, 2.05) is 6.08 Å². The van der Waals surface area contributed by atoms with Crippen molar-refractivity contribution in [3.05, 3.63) is 45.9 Å². The second-order valence-corrected chi connectivity index (χ2v) is 4.50. The zero-order chi connectivity index (χ0) is 12.7. The number of dihydropyridines is 1. The molecule has 0 aliphatic carbocycles. The van der Waals surface area contributed by atoms with Gasteiger partial charge in [0.1, 0.15) is 17.8 Å². The van der Waals surface area contributed by atoms with E-state index in [1.54, 1.807) is 12.4 Å². The Kier molecular flexibility index (Phi) is 2.52. The van der Waals surface area contributed by atoms with Crippen LogP contribution in [0.4, 0.5) is 4.39 Å². The summed E-state index contributed by atoms with van der Waals surface area (Å²) < 4.78 is 13.1. The molecule has 0 fully saturated rings. The number of rotatable bonds is 0. The predicted molar refractivity (Wildman–Crippen MR) is 67.9 cm³/mol. The number of nitrogens with zero attached hydrogens (tertiary/aromatic N) is 1. The SMILES string of the molecule is NC1=C(F)CNC(=C2C=NC3NC=C(Cl)C=C23)N1. The number of fused-ring (bicyclic) bond motifs is 1. The van der Waals surface area contributed by atoms with Crippen LogP contribution in [0.5, 0.6) is 0 Å². The average Bonchev–Trinajstić information content (AvgIpc) is 2.75. The Morgan fingerprint density at radius 3 is 3.11 bits per heavy atom. The molecule has 5 N–H and O–H groups in total. The molecule has 0 aromatic carbocycles. The quantitative estimate of drug-likeness (QED) is 0.516. The van der Waals surface area contributed by atoms with Crippen LogP contribution in [0.25, 0.3) is 0 Å². The summed E-state index contributed by atoms with van der Waals surface area (Å²) in [5.41, 5.74) is 7.29. The van der Waals surface area contributed by atoms with Crippen molar-refractivity contribution in [1.29, 1.82) is 0 Å². The van der Waals surface area contributed by atoms with Crippen molar-refractivity contribution in [3.8, 4) is 0 Å². The van der Waals surface area contributed by atoms with Gasteiger partial charge in [-0.05, 0) is 6.08 Å². The Labute approximate surface area is 108 Å². The van der Waals surface area contributed by atoms with Crippen LogP contribution >= 0.6 is 11.6 Å². The molecule has 0 bridgehead atoms. The fraction of sp³-hybridized carbons (Fsp3) is 0.182. The van der Waals surface area contributed by atoms with Crippen LogP contribution < -0.4 is 21.7 Å². The van der Waals surface area contributed by atoms with E-state index < -0.39 is 5.83 Å². The van der Waals surface area contributed by atoms with Crippen molar-refractivity contribution in [2.24, 2.45) is 10.7 Å². The highest BCUT2D eigenvalue weighted by atomic mass is 35.5. The lowest BCUT2D eigenvalue weighted by Crippen LogP contribution is -2.38. The van der Waals surface area contributed by atoms with Crippen molar-refractivity contribution < 1.29 is 4.39 Å². The second kappa shape index (κ2) is 4.06. The first-order valence-electron chi connectivity index (χ1n) is 5.41. The van der Waals surface area contributed by atoms with Gasteiger partial charge in [0.05, 0.1) is 11.6 Å². The van der Waals surface area contributed by atoms with Crippen LogP contribution in [0.3, 0.4) is 0 Å². The van der Waals surface area contributed by atoms with Crippen LogP contribution in [-0.2, 0) is 0 Å². The summed E-state index contributed by atoms with van der Waals surface area (Å²) >= 11 is 5.95. The fourth-order valence-corrected chi connectivity index (χ4v) is 2.15. The summed E-state index contributed by atoms with van der Waals surface area (Å²) in [7, 11) is 0. The predicted octanol–water partition coefficient (Wildman–Crippen LogP) is 0.508. The van der Waals surface area contributed by atoms with Crippen LogP contribution in [0.15, 0.2) is 50.9 Å². The van der Waals surface area contributed by atoms with Crippen molar-refractivity contribution in [3.63, 3.8) is 0 Å². The van der Waals surface area contributed by atoms with Crippen LogP contribution in [-0.4, -0.2) is 18.9 Å². The smallest absolute Gasteiger partial charge is 0.159 e. The largest absolute Gasteiger partial charge is 0.383 e. The molecule has 3 aliphatic heterocycles. The number of allylic oxidation sites excluding steroid dienone is 2. The van der Waals surface area contributed by atoms with E-state index in [1.165, 1.54) is 0 Å². The molecule has 0 saturated carbocycles. The lowest BCUT2D eigenvalue weighted by molar-refractivity contribution is 0.532. The minimum atomic E-state index is -0.403. The minimum Gasteiger partial charge on any atom is -0.383 e. The number of hydrogen-bond donors (Lipinski definition) is 4. The van der Waals surface area contributed by atoms with Gasteiger partial charge in [-0.15, -0.1) is 0 Å². The van der Waals surface area contributed by atoms with Crippen molar-refractivity contribution in [2.45, 2.75) is 6.17 Å². The average molecular weight is 268 g/mol. The molecule has 0 aromatic rings. The Morgan fingerprint density at radius 2 is 2.33 bits per heavy atom. The normalized spacial score (nSPS) is 30.0. The van der Waals surface area contributed by atoms with E-state index >= 15 is 0 Å². The number of nitrogens with two attached hydrogens (primary N) is 1. The van der Waals surface area contributed by atoms with E-state index in [0.29, 0.717) is 10.9 Å². The summed E-state index contributed by atoms with van der Waals surface area (Å²) in [6, 6.07) is 0. The first-order chi connectivity index (χ1) is 8.65. The van der Waals surface area contributed by atoms with E-state index in [0.717, 1.165) is 11.1 Å². The van der Waals surface area contributed by atoms with E-state index in [-0.39, 0.29) is 18.5 Å². The van der Waals surface area contributed by atoms with Gasteiger partial charge in [-0.2, -0.15) is 0 Å². The highest BCUT2D eigenvalue weighted by Gasteiger charge is 2.27. The summed E-state index contributed by atoms with van der Waals surface area (Å²) in [4.78, 5) is 4.30. The molecule has 0 saturated heterocycles. The molecule has 0 amide bonds. The third-order valence-electron chi connectivity index (χ3n) is 2.87. The van der Waals surface area contributed by atoms with E-state index in [9.17, 15) is 4.39 Å². The molecule has 0 aromatic heterocycles. The van der Waals surface area contributed by atoms with Gasteiger partial charge >= 0.3 is 0 Å². The molecule has 3 aliphatic rings. The number of nitrogens with one attached hydrogen (secondary N) is 3. The van der Waals surface area contributed by atoms with Gasteiger partial charge in [0.15, 0.2) is 5.83 Å². The fourth-order valence-electron chi connectivity index (χ4n) is 1.97. The zero-order valence-corrected chi connectivity index (χ0v) is 10.1. The lowest BCUT2D eigenvalue weighted by Gasteiger charge is -2.23. The third-order valence-corrected chi connectivity index (χ3v) is 3.09.